The third kappa shape index (κ3) is 9.99. The number of H-pyrrole nitrogens is 1. The number of carbonyl (C=O) groups excluding carboxylic acids is 2. The Morgan fingerprint density at radius 2 is 1.81 bits per heavy atom. The van der Waals surface area contributed by atoms with Gasteiger partial charge in [-0.25, -0.2) is 0 Å². The number of amides is 1. The van der Waals surface area contributed by atoms with E-state index in [1.165, 1.54) is 6.07 Å². The lowest BCUT2D eigenvalue weighted by Gasteiger charge is -2.45. The number of ether oxygens (including phenoxy) is 1. The van der Waals surface area contributed by atoms with Gasteiger partial charge < -0.3 is 29.9 Å². The van der Waals surface area contributed by atoms with E-state index in [-0.39, 0.29) is 40.4 Å². The van der Waals surface area contributed by atoms with Crippen molar-refractivity contribution in [2.24, 2.45) is 5.92 Å². The van der Waals surface area contributed by atoms with Gasteiger partial charge in [0.25, 0.3) is 0 Å². The van der Waals surface area contributed by atoms with Crippen molar-refractivity contribution in [3.63, 3.8) is 0 Å². The summed E-state index contributed by atoms with van der Waals surface area (Å²) in [7, 11) is -2.22. The van der Waals surface area contributed by atoms with Gasteiger partial charge >= 0.3 is 5.97 Å². The number of hydrogen-bond acceptors (Lipinski definition) is 9. The predicted molar refractivity (Wildman–Crippen MR) is 235 cm³/mol. The number of carbonyl (C=O) groups is 2. The number of esters is 1. The van der Waals surface area contributed by atoms with E-state index >= 15 is 0 Å². The Morgan fingerprint density at radius 1 is 1.03 bits per heavy atom. The number of fused-ring (bicyclic) bond motifs is 4. The summed E-state index contributed by atoms with van der Waals surface area (Å²) in [5, 5.41) is 17.7. The Kier molecular flexibility index (Phi) is 13.1. The van der Waals surface area contributed by atoms with Crippen LogP contribution in [0.25, 0.3) is 10.9 Å². The molecule has 1 aliphatic carbocycles. The Labute approximate surface area is 349 Å². The zero-order chi connectivity index (χ0) is 41.8. The first-order valence-electron chi connectivity index (χ1n) is 21.7. The summed E-state index contributed by atoms with van der Waals surface area (Å²) >= 11 is 0. The number of piperidine rings is 3. The molecule has 4 N–H and O–H groups in total. The molecule has 1 unspecified atom stereocenters. The minimum absolute atomic E-state index is 0.00770. The van der Waals surface area contributed by atoms with Crippen molar-refractivity contribution < 1.29 is 23.9 Å². The summed E-state index contributed by atoms with van der Waals surface area (Å²) in [5.41, 5.74) is 4.08. The molecule has 0 spiro atoms. The van der Waals surface area contributed by atoms with E-state index in [4.69, 9.17) is 9.16 Å². The number of aromatic amines is 1. The zero-order valence-electron chi connectivity index (χ0n) is 35.6. The maximum Gasteiger partial charge on any atom is 0.316 e. The van der Waals surface area contributed by atoms with Crippen molar-refractivity contribution in [3.8, 4) is 5.75 Å². The number of phenols is 1. The topological polar surface area (TPSA) is 146 Å². The smallest absolute Gasteiger partial charge is 0.316 e. The fraction of sp³-hybridized carbons (Fsp3) is 0.532. The molecule has 2 aromatic carbocycles. The molecule has 11 nitrogen and oxygen atoms in total. The molecule has 316 valence electrons. The highest BCUT2D eigenvalue weighted by atomic mass is 28.4. The highest BCUT2D eigenvalue weighted by Crippen LogP contribution is 2.43. The molecule has 2 aromatic heterocycles. The van der Waals surface area contributed by atoms with E-state index in [0.717, 1.165) is 98.8 Å². The van der Waals surface area contributed by atoms with Crippen LogP contribution < -0.4 is 16.2 Å². The Bertz CT molecular complexity index is 2150. The maximum absolute atomic E-state index is 14.0. The Hall–Kier alpha value is -4.36. The van der Waals surface area contributed by atoms with Crippen molar-refractivity contribution in [1.82, 2.24) is 20.2 Å². The quantitative estimate of drug-likeness (QED) is 0.0688. The van der Waals surface area contributed by atoms with Crippen LogP contribution >= 0.6 is 0 Å². The second-order valence-electron chi connectivity index (χ2n) is 18.6. The lowest BCUT2D eigenvalue weighted by atomic mass is 9.69. The second-order valence-corrected chi connectivity index (χ2v) is 23.4. The van der Waals surface area contributed by atoms with E-state index in [2.05, 4.69) is 83.6 Å². The summed E-state index contributed by atoms with van der Waals surface area (Å²) in [6, 6.07) is 18.9. The summed E-state index contributed by atoms with van der Waals surface area (Å²) in [6.07, 6.45) is 10.3. The predicted octanol–water partition coefficient (Wildman–Crippen LogP) is 8.28. The van der Waals surface area contributed by atoms with E-state index in [9.17, 15) is 19.5 Å². The van der Waals surface area contributed by atoms with Gasteiger partial charge in [0.1, 0.15) is 11.9 Å². The average Bonchev–Trinajstić information content (AvgIpc) is 3.22. The number of rotatable bonds is 15. The summed E-state index contributed by atoms with van der Waals surface area (Å²) in [4.78, 5) is 48.9. The van der Waals surface area contributed by atoms with Crippen molar-refractivity contribution >= 4 is 36.8 Å². The molecule has 4 aromatic rings. The number of aryl methyl sites for hydroxylation is 1. The molecule has 5 heterocycles. The number of aromatic hydroxyl groups is 1. The van der Waals surface area contributed by atoms with E-state index in [1.54, 1.807) is 18.3 Å². The molecule has 0 radical (unpaired) electrons. The molecule has 3 aliphatic heterocycles. The lowest BCUT2D eigenvalue weighted by molar-refractivity contribution is -0.167. The van der Waals surface area contributed by atoms with Crippen molar-refractivity contribution in [2.75, 3.05) is 31.5 Å². The van der Waals surface area contributed by atoms with Gasteiger partial charge in [0, 0.05) is 37.5 Å². The van der Waals surface area contributed by atoms with Crippen LogP contribution in [0.1, 0.15) is 107 Å². The Balaban J connectivity index is 0.919. The molecule has 59 heavy (non-hydrogen) atoms. The monoisotopic (exact) mass is 821 g/mol. The first-order valence-corrected chi connectivity index (χ1v) is 24.6. The molecule has 1 amide bonds. The van der Waals surface area contributed by atoms with Gasteiger partial charge in [-0.15, -0.1) is 0 Å². The average molecular weight is 822 g/mol. The van der Waals surface area contributed by atoms with Gasteiger partial charge in [0.05, 0.1) is 34.6 Å². The first-order chi connectivity index (χ1) is 28.2. The summed E-state index contributed by atoms with van der Waals surface area (Å²) < 4.78 is 13.3. The normalized spacial score (nSPS) is 20.9. The molecule has 4 fully saturated rings. The molecular formula is C47H63N5O6Si. The third-order valence-corrected chi connectivity index (χ3v) is 18.0. The van der Waals surface area contributed by atoms with Crippen LogP contribution in [0.15, 0.2) is 71.7 Å². The molecule has 2 bridgehead atoms. The van der Waals surface area contributed by atoms with Crippen LogP contribution in [0.5, 0.6) is 5.75 Å². The minimum Gasteiger partial charge on any atom is -0.506 e. The number of benzene rings is 2. The van der Waals surface area contributed by atoms with Gasteiger partial charge in [-0.1, -0.05) is 70.4 Å². The number of phenolic OH excluding ortho intramolecular Hbond substituents is 1. The van der Waals surface area contributed by atoms with E-state index in [1.807, 2.05) is 18.2 Å². The fourth-order valence-corrected chi connectivity index (χ4v) is 10.3. The highest BCUT2D eigenvalue weighted by molar-refractivity contribution is 6.74. The number of aromatic nitrogens is 2. The Morgan fingerprint density at radius 3 is 2.51 bits per heavy atom. The molecule has 4 aliphatic rings. The largest absolute Gasteiger partial charge is 0.506 e. The molecule has 12 heteroatoms. The number of hydrogen-bond donors (Lipinski definition) is 4. The van der Waals surface area contributed by atoms with Crippen LogP contribution in [-0.4, -0.2) is 72.5 Å². The van der Waals surface area contributed by atoms with Crippen LogP contribution in [-0.2, 0) is 37.1 Å². The first kappa shape index (κ1) is 42.8. The fourth-order valence-electron chi connectivity index (χ4n) is 8.98. The molecule has 1 saturated carbocycles. The van der Waals surface area contributed by atoms with Gasteiger partial charge in [0.2, 0.25) is 11.5 Å². The number of pyridine rings is 2. The van der Waals surface area contributed by atoms with Crippen LogP contribution in [0.2, 0.25) is 18.1 Å². The molecule has 8 rings (SSSR count). The highest BCUT2D eigenvalue weighted by Gasteiger charge is 2.46. The maximum atomic E-state index is 14.0. The standard InChI is InChI=1S/C47H63N5O6Si/c1-46(2,3)59(4,5)58-40(37-17-19-39(53)44-38(37)18-20-43(55)51-44)30-48-28-35-15-16-36(29-49-35)50-42(54)14-10-12-32-11-9-13-34(27-32)47(23-7-6-8-24-47)45(56)57-41-31-52-25-21-33(41)22-26-52/h9,11,13,15-20,27,29,33,40-41,48,53H,6-8,10,12,14,21-26,28,30-31H2,1-5H3,(H,50,54)(H,51,55)/t40?,41-/m0/s1. The van der Waals surface area contributed by atoms with Crippen LogP contribution in [0, 0.1) is 5.92 Å². The molecule has 2 atom stereocenters. The van der Waals surface area contributed by atoms with E-state index < -0.39 is 13.7 Å². The number of anilines is 1. The SMILES string of the molecule is CC(C)(C)[Si](C)(C)OC(CNCc1ccc(NC(=O)CCCc2cccc(C3(C(=O)O[C@H]4CN5CCC4CC5)CCCCC3)c2)cn1)c1ccc(O)c2[nH]c(=O)ccc12. The zero-order valence-corrected chi connectivity index (χ0v) is 36.6. The van der Waals surface area contributed by atoms with Gasteiger partial charge in [0.15, 0.2) is 8.32 Å². The summed E-state index contributed by atoms with van der Waals surface area (Å²) in [5.74, 6) is 0.404. The third-order valence-electron chi connectivity index (χ3n) is 13.5. The second kappa shape index (κ2) is 18.1. The van der Waals surface area contributed by atoms with Crippen molar-refractivity contribution in [2.45, 2.75) is 127 Å². The van der Waals surface area contributed by atoms with Crippen molar-refractivity contribution in [1.29, 1.82) is 0 Å². The lowest BCUT2D eigenvalue weighted by Crippen LogP contribution is -2.53. The summed E-state index contributed by atoms with van der Waals surface area (Å²) in [6.45, 7) is 15.1. The van der Waals surface area contributed by atoms with E-state index in [0.29, 0.717) is 43.1 Å². The van der Waals surface area contributed by atoms with Gasteiger partial charge in [-0.3, -0.25) is 24.3 Å². The van der Waals surface area contributed by atoms with Crippen LogP contribution in [0.4, 0.5) is 5.69 Å². The van der Waals surface area contributed by atoms with Gasteiger partial charge in [-0.2, -0.15) is 0 Å². The molecule has 3 saturated heterocycles. The van der Waals surface area contributed by atoms with Crippen molar-refractivity contribution in [3.05, 3.63) is 99.6 Å². The number of nitrogens with zero attached hydrogens (tertiary/aromatic N) is 2. The number of nitrogens with one attached hydrogen (secondary N) is 3. The molecular weight excluding hydrogens is 759 g/mol. The minimum atomic E-state index is -2.22. The van der Waals surface area contributed by atoms with Crippen LogP contribution in [0.3, 0.4) is 0 Å². The van der Waals surface area contributed by atoms with Gasteiger partial charge in [-0.05, 0) is 117 Å².